The number of likely N-dealkylation sites (N-methyl/N-ethyl adjacent to an activating group) is 1. The smallest absolute Gasteiger partial charge is 0.258 e. The van der Waals surface area contributed by atoms with E-state index in [0.29, 0.717) is 6.54 Å². The third-order valence-corrected chi connectivity index (χ3v) is 4.11. The second-order valence-corrected chi connectivity index (χ2v) is 6.49. The van der Waals surface area contributed by atoms with Crippen LogP contribution in [0.3, 0.4) is 0 Å². The van der Waals surface area contributed by atoms with Crippen LogP contribution in [0.1, 0.15) is 11.6 Å². The number of nitrogens with zero attached hydrogens (tertiary/aromatic N) is 2. The number of rotatable bonds is 8. The summed E-state index contributed by atoms with van der Waals surface area (Å²) in [4.78, 5) is 16.1. The van der Waals surface area contributed by atoms with Gasteiger partial charge in [0.2, 0.25) is 0 Å². The maximum atomic E-state index is 13.5. The van der Waals surface area contributed by atoms with Gasteiger partial charge in [-0.25, -0.2) is 4.39 Å². The largest absolute Gasteiger partial charge is 0.481 e. The SMILES string of the molecule is CN(C)c1ccc(C(CNC(=O)COc2ccccc2F)N(C)C)cc1. The Labute approximate surface area is 154 Å². The lowest BCUT2D eigenvalue weighted by atomic mass is 10.1. The van der Waals surface area contributed by atoms with E-state index in [1.54, 1.807) is 12.1 Å². The summed E-state index contributed by atoms with van der Waals surface area (Å²) in [6.07, 6.45) is 0. The van der Waals surface area contributed by atoms with Crippen molar-refractivity contribution in [3.8, 4) is 5.75 Å². The molecule has 0 saturated carbocycles. The molecule has 0 aliphatic rings. The lowest BCUT2D eigenvalue weighted by molar-refractivity contribution is -0.123. The molecule has 0 bridgehead atoms. The van der Waals surface area contributed by atoms with Crippen molar-refractivity contribution in [2.75, 3.05) is 46.2 Å². The number of benzene rings is 2. The van der Waals surface area contributed by atoms with E-state index in [1.807, 2.05) is 38.0 Å². The number of anilines is 1. The van der Waals surface area contributed by atoms with Gasteiger partial charge >= 0.3 is 0 Å². The highest BCUT2D eigenvalue weighted by Gasteiger charge is 2.16. The van der Waals surface area contributed by atoms with Gasteiger partial charge < -0.3 is 19.9 Å². The fourth-order valence-electron chi connectivity index (χ4n) is 2.56. The van der Waals surface area contributed by atoms with Crippen molar-refractivity contribution < 1.29 is 13.9 Å². The zero-order chi connectivity index (χ0) is 19.1. The Morgan fingerprint density at radius 2 is 1.73 bits per heavy atom. The Balaban J connectivity index is 1.91. The predicted molar refractivity (Wildman–Crippen MR) is 102 cm³/mol. The molecule has 0 radical (unpaired) electrons. The van der Waals surface area contributed by atoms with Gasteiger partial charge in [-0.2, -0.15) is 0 Å². The van der Waals surface area contributed by atoms with E-state index in [4.69, 9.17) is 4.74 Å². The van der Waals surface area contributed by atoms with Crippen LogP contribution in [0.2, 0.25) is 0 Å². The second-order valence-electron chi connectivity index (χ2n) is 6.49. The fraction of sp³-hybridized carbons (Fsp3) is 0.350. The molecule has 0 aliphatic carbocycles. The van der Waals surface area contributed by atoms with E-state index in [2.05, 4.69) is 29.6 Å². The monoisotopic (exact) mass is 359 g/mol. The fourth-order valence-corrected chi connectivity index (χ4v) is 2.56. The van der Waals surface area contributed by atoms with Crippen LogP contribution in [0.4, 0.5) is 10.1 Å². The lowest BCUT2D eigenvalue weighted by Crippen LogP contribution is -2.37. The van der Waals surface area contributed by atoms with Crippen molar-refractivity contribution in [2.45, 2.75) is 6.04 Å². The topological polar surface area (TPSA) is 44.8 Å². The zero-order valence-electron chi connectivity index (χ0n) is 15.7. The number of carbonyl (C=O) groups is 1. The molecule has 2 aromatic rings. The van der Waals surface area contributed by atoms with Crippen LogP contribution >= 0.6 is 0 Å². The van der Waals surface area contributed by atoms with Crippen LogP contribution in [-0.2, 0) is 4.79 Å². The van der Waals surface area contributed by atoms with Gasteiger partial charge in [0.1, 0.15) is 0 Å². The van der Waals surface area contributed by atoms with Crippen molar-refractivity contribution in [1.82, 2.24) is 10.2 Å². The number of hydrogen-bond donors (Lipinski definition) is 1. The standard InChI is InChI=1S/C20H26FN3O2/c1-23(2)16-11-9-15(10-12-16)18(24(3)4)13-22-20(25)14-26-19-8-6-5-7-17(19)21/h5-12,18H,13-14H2,1-4H3,(H,22,25). The third-order valence-electron chi connectivity index (χ3n) is 4.11. The van der Waals surface area contributed by atoms with Gasteiger partial charge in [0.25, 0.3) is 5.91 Å². The molecular formula is C20H26FN3O2. The number of ether oxygens (including phenoxy) is 1. The van der Waals surface area contributed by atoms with E-state index < -0.39 is 5.82 Å². The predicted octanol–water partition coefficient (Wildman–Crippen LogP) is 2.69. The molecular weight excluding hydrogens is 333 g/mol. The van der Waals surface area contributed by atoms with Crippen LogP contribution in [0.25, 0.3) is 0 Å². The van der Waals surface area contributed by atoms with Crippen molar-refractivity contribution >= 4 is 11.6 Å². The first-order valence-corrected chi connectivity index (χ1v) is 8.46. The molecule has 1 amide bonds. The minimum atomic E-state index is -0.479. The summed E-state index contributed by atoms with van der Waals surface area (Å²) in [5, 5.41) is 2.85. The van der Waals surface area contributed by atoms with Gasteiger partial charge in [-0.15, -0.1) is 0 Å². The van der Waals surface area contributed by atoms with Crippen LogP contribution < -0.4 is 15.0 Å². The second kappa shape index (κ2) is 9.20. The molecule has 0 aliphatic heterocycles. The van der Waals surface area contributed by atoms with Gasteiger partial charge in [-0.1, -0.05) is 24.3 Å². The lowest BCUT2D eigenvalue weighted by Gasteiger charge is -2.25. The van der Waals surface area contributed by atoms with Crippen molar-refractivity contribution in [2.24, 2.45) is 0 Å². The Morgan fingerprint density at radius 3 is 2.31 bits per heavy atom. The first-order valence-electron chi connectivity index (χ1n) is 8.46. The highest BCUT2D eigenvalue weighted by molar-refractivity contribution is 5.77. The van der Waals surface area contributed by atoms with E-state index in [9.17, 15) is 9.18 Å². The number of hydrogen-bond acceptors (Lipinski definition) is 4. The molecule has 5 nitrogen and oxygen atoms in total. The number of carbonyl (C=O) groups excluding carboxylic acids is 1. The van der Waals surface area contributed by atoms with Gasteiger partial charge in [-0.3, -0.25) is 4.79 Å². The van der Waals surface area contributed by atoms with E-state index in [0.717, 1.165) is 11.3 Å². The number of para-hydroxylation sites is 1. The van der Waals surface area contributed by atoms with Crippen LogP contribution in [-0.4, -0.2) is 52.1 Å². The van der Waals surface area contributed by atoms with E-state index in [1.165, 1.54) is 12.1 Å². The minimum absolute atomic E-state index is 0.0311. The van der Waals surface area contributed by atoms with Crippen LogP contribution in [0, 0.1) is 5.82 Å². The zero-order valence-corrected chi connectivity index (χ0v) is 15.7. The molecule has 0 aromatic heterocycles. The Kier molecular flexibility index (Phi) is 6.97. The van der Waals surface area contributed by atoms with Gasteiger partial charge in [0.15, 0.2) is 18.2 Å². The molecule has 2 rings (SSSR count). The molecule has 0 saturated heterocycles. The average Bonchev–Trinajstić information content (AvgIpc) is 2.61. The quantitative estimate of drug-likeness (QED) is 0.787. The molecule has 6 heteroatoms. The molecule has 1 unspecified atom stereocenters. The summed E-state index contributed by atoms with van der Waals surface area (Å²) in [5.74, 6) is -0.691. The summed E-state index contributed by atoms with van der Waals surface area (Å²) < 4.78 is 18.7. The Bertz CT molecular complexity index is 717. The third kappa shape index (κ3) is 5.46. The van der Waals surface area contributed by atoms with Crippen molar-refractivity contribution in [1.29, 1.82) is 0 Å². The molecule has 1 atom stereocenters. The maximum Gasteiger partial charge on any atom is 0.258 e. The van der Waals surface area contributed by atoms with Crippen molar-refractivity contribution in [3.05, 3.63) is 59.9 Å². The number of amides is 1. The molecule has 0 spiro atoms. The van der Waals surface area contributed by atoms with Gasteiger partial charge in [0, 0.05) is 26.3 Å². The molecule has 2 aromatic carbocycles. The number of nitrogens with one attached hydrogen (secondary N) is 1. The van der Waals surface area contributed by atoms with E-state index in [-0.39, 0.29) is 24.3 Å². The molecule has 140 valence electrons. The Morgan fingerprint density at radius 1 is 1.08 bits per heavy atom. The normalized spacial score (nSPS) is 11.9. The van der Waals surface area contributed by atoms with E-state index >= 15 is 0 Å². The highest BCUT2D eigenvalue weighted by Crippen LogP contribution is 2.21. The van der Waals surface area contributed by atoms with Crippen molar-refractivity contribution in [3.63, 3.8) is 0 Å². The maximum absolute atomic E-state index is 13.5. The molecule has 0 fully saturated rings. The Hall–Kier alpha value is -2.60. The molecule has 26 heavy (non-hydrogen) atoms. The van der Waals surface area contributed by atoms with Crippen LogP contribution in [0.5, 0.6) is 5.75 Å². The molecule has 0 heterocycles. The summed E-state index contributed by atoms with van der Waals surface area (Å²) >= 11 is 0. The summed E-state index contributed by atoms with van der Waals surface area (Å²) in [6.45, 7) is 0.217. The minimum Gasteiger partial charge on any atom is -0.481 e. The highest BCUT2D eigenvalue weighted by atomic mass is 19.1. The molecule has 1 N–H and O–H groups in total. The average molecular weight is 359 g/mol. The summed E-state index contributed by atoms with van der Waals surface area (Å²) in [7, 11) is 7.92. The first kappa shape index (κ1) is 19.7. The summed E-state index contributed by atoms with van der Waals surface area (Å²) in [6, 6.07) is 14.3. The number of halogens is 1. The first-order chi connectivity index (χ1) is 12.4. The van der Waals surface area contributed by atoms with Gasteiger partial charge in [-0.05, 0) is 43.9 Å². The summed E-state index contributed by atoms with van der Waals surface area (Å²) in [5.41, 5.74) is 2.23. The van der Waals surface area contributed by atoms with Gasteiger partial charge in [0.05, 0.1) is 6.04 Å². The van der Waals surface area contributed by atoms with Crippen LogP contribution in [0.15, 0.2) is 48.5 Å².